The molecule has 128 valence electrons. The largest absolute Gasteiger partial charge is 0.494 e. The summed E-state index contributed by atoms with van der Waals surface area (Å²) in [7, 11) is -0.745. The first-order valence-corrected chi connectivity index (χ1v) is 7.14. The van der Waals surface area contributed by atoms with E-state index >= 15 is 0 Å². The second-order valence-electron chi connectivity index (χ2n) is 6.71. The van der Waals surface area contributed by atoms with E-state index in [1.807, 2.05) is 27.7 Å². The maximum Gasteiger partial charge on any atom is 0.494 e. The van der Waals surface area contributed by atoms with Crippen LogP contribution in [0.5, 0.6) is 0 Å². The molecule has 0 N–H and O–H groups in total. The van der Waals surface area contributed by atoms with Gasteiger partial charge >= 0.3 is 13.3 Å². The minimum absolute atomic E-state index is 0.482. The van der Waals surface area contributed by atoms with Crippen molar-refractivity contribution in [2.75, 3.05) is 0 Å². The fourth-order valence-electron chi connectivity index (χ4n) is 2.22. The fourth-order valence-corrected chi connectivity index (χ4v) is 2.22. The summed E-state index contributed by atoms with van der Waals surface area (Å²) in [5.41, 5.74) is -1.38. The second-order valence-corrected chi connectivity index (χ2v) is 6.71. The van der Waals surface area contributed by atoms with Gasteiger partial charge in [0.1, 0.15) is 6.42 Å². The van der Waals surface area contributed by atoms with Gasteiger partial charge in [0.25, 0.3) is 5.92 Å². The van der Waals surface area contributed by atoms with E-state index in [2.05, 4.69) is 0 Å². The van der Waals surface area contributed by atoms with Crippen LogP contribution in [0.25, 0.3) is 0 Å². The Morgan fingerprint density at radius 1 is 0.870 bits per heavy atom. The average molecular weight is 336 g/mol. The molecule has 8 heteroatoms. The molecule has 23 heavy (non-hydrogen) atoms. The molecule has 2 rings (SSSR count). The second kappa shape index (κ2) is 5.45. The van der Waals surface area contributed by atoms with Crippen LogP contribution in [0.15, 0.2) is 24.3 Å². The SMILES string of the molecule is CC1(C)OB(c2ccc(C(F)(F)CC(F)(F)F)cc2)OC1(C)C. The Balaban J connectivity index is 2.18. The molecule has 0 spiro atoms. The fraction of sp³-hybridized carbons (Fsp3) is 0.600. The lowest BCUT2D eigenvalue weighted by molar-refractivity contribution is -0.190. The third-order valence-corrected chi connectivity index (χ3v) is 4.28. The summed E-state index contributed by atoms with van der Waals surface area (Å²) >= 11 is 0. The van der Waals surface area contributed by atoms with Gasteiger partial charge in [0.05, 0.1) is 11.2 Å². The Morgan fingerprint density at radius 2 is 1.30 bits per heavy atom. The summed E-state index contributed by atoms with van der Waals surface area (Å²) in [5, 5.41) is 0. The zero-order valence-corrected chi connectivity index (χ0v) is 13.3. The Morgan fingerprint density at radius 3 is 1.70 bits per heavy atom. The third-order valence-electron chi connectivity index (χ3n) is 4.28. The van der Waals surface area contributed by atoms with E-state index in [-0.39, 0.29) is 0 Å². The molecule has 1 aliphatic rings. The Bertz CT molecular complexity index is 550. The van der Waals surface area contributed by atoms with Crippen LogP contribution >= 0.6 is 0 Å². The van der Waals surface area contributed by atoms with Crippen molar-refractivity contribution in [3.05, 3.63) is 29.8 Å². The predicted molar refractivity (Wildman–Crippen MR) is 76.7 cm³/mol. The van der Waals surface area contributed by atoms with E-state index in [0.717, 1.165) is 12.1 Å². The summed E-state index contributed by atoms with van der Waals surface area (Å²) in [5.74, 6) is -3.97. The van der Waals surface area contributed by atoms with E-state index < -0.39 is 42.4 Å². The van der Waals surface area contributed by atoms with Gasteiger partial charge < -0.3 is 9.31 Å². The zero-order valence-electron chi connectivity index (χ0n) is 13.3. The zero-order chi connectivity index (χ0) is 17.7. The van der Waals surface area contributed by atoms with Crippen LogP contribution < -0.4 is 5.46 Å². The normalized spacial score (nSPS) is 20.8. The van der Waals surface area contributed by atoms with Gasteiger partial charge in [-0.25, -0.2) is 8.78 Å². The lowest BCUT2D eigenvalue weighted by atomic mass is 9.78. The van der Waals surface area contributed by atoms with Crippen molar-refractivity contribution in [3.63, 3.8) is 0 Å². The number of hydrogen-bond acceptors (Lipinski definition) is 2. The van der Waals surface area contributed by atoms with Gasteiger partial charge in [0.15, 0.2) is 0 Å². The van der Waals surface area contributed by atoms with Crippen molar-refractivity contribution >= 4 is 12.6 Å². The van der Waals surface area contributed by atoms with Gasteiger partial charge in [0, 0.05) is 5.56 Å². The smallest absolute Gasteiger partial charge is 0.399 e. The quantitative estimate of drug-likeness (QED) is 0.613. The molecule has 1 aliphatic heterocycles. The molecule has 1 aromatic rings. The van der Waals surface area contributed by atoms with E-state index in [4.69, 9.17) is 9.31 Å². The molecule has 0 bridgehead atoms. The van der Waals surface area contributed by atoms with E-state index in [1.54, 1.807) is 0 Å². The maximum absolute atomic E-state index is 13.6. The molecular formula is C15H18BF5O2. The molecule has 0 aliphatic carbocycles. The molecule has 0 saturated carbocycles. The van der Waals surface area contributed by atoms with Crippen LogP contribution in [-0.4, -0.2) is 24.5 Å². The number of halogens is 5. The van der Waals surface area contributed by atoms with Crippen LogP contribution in [0.2, 0.25) is 0 Å². The molecule has 1 heterocycles. The van der Waals surface area contributed by atoms with E-state index in [1.165, 1.54) is 12.1 Å². The van der Waals surface area contributed by atoms with Crippen molar-refractivity contribution in [1.82, 2.24) is 0 Å². The van der Waals surface area contributed by atoms with E-state index in [0.29, 0.717) is 5.46 Å². The summed E-state index contributed by atoms with van der Waals surface area (Å²) in [6.45, 7) is 7.38. The third kappa shape index (κ3) is 3.85. The first-order valence-electron chi connectivity index (χ1n) is 7.14. The number of rotatable bonds is 3. The molecule has 0 amide bonds. The predicted octanol–water partition coefficient (Wildman–Crippen LogP) is 4.03. The van der Waals surface area contributed by atoms with Crippen molar-refractivity contribution in [1.29, 1.82) is 0 Å². The van der Waals surface area contributed by atoms with Crippen LogP contribution in [0.1, 0.15) is 39.7 Å². The highest BCUT2D eigenvalue weighted by Gasteiger charge is 2.52. The lowest BCUT2D eigenvalue weighted by Crippen LogP contribution is -2.41. The molecule has 0 atom stereocenters. The van der Waals surface area contributed by atoms with Crippen LogP contribution in [0.3, 0.4) is 0 Å². The lowest BCUT2D eigenvalue weighted by Gasteiger charge is -2.32. The van der Waals surface area contributed by atoms with Crippen LogP contribution in [0, 0.1) is 0 Å². The molecule has 0 unspecified atom stereocenters. The van der Waals surface area contributed by atoms with Gasteiger partial charge in [0.2, 0.25) is 0 Å². The van der Waals surface area contributed by atoms with E-state index in [9.17, 15) is 22.0 Å². The molecule has 1 aromatic carbocycles. The minimum atomic E-state index is -4.94. The Hall–Kier alpha value is -1.15. The first-order chi connectivity index (χ1) is 10.2. The van der Waals surface area contributed by atoms with Crippen molar-refractivity contribution in [2.24, 2.45) is 0 Å². The highest BCUT2D eigenvalue weighted by atomic mass is 19.4. The molecule has 0 aromatic heterocycles. The van der Waals surface area contributed by atoms with Gasteiger partial charge in [-0.05, 0) is 33.2 Å². The van der Waals surface area contributed by atoms with Crippen LogP contribution in [0.4, 0.5) is 22.0 Å². The highest BCUT2D eigenvalue weighted by molar-refractivity contribution is 6.62. The minimum Gasteiger partial charge on any atom is -0.399 e. The number of hydrogen-bond donors (Lipinski definition) is 0. The molecule has 0 radical (unpaired) electrons. The van der Waals surface area contributed by atoms with Crippen molar-refractivity contribution in [2.45, 2.75) is 57.4 Å². The number of benzene rings is 1. The van der Waals surface area contributed by atoms with Crippen LogP contribution in [-0.2, 0) is 15.2 Å². The van der Waals surface area contributed by atoms with Crippen molar-refractivity contribution in [3.8, 4) is 0 Å². The maximum atomic E-state index is 13.6. The molecular weight excluding hydrogens is 318 g/mol. The summed E-state index contributed by atoms with van der Waals surface area (Å²) in [6.07, 6.45) is -7.12. The molecule has 1 fully saturated rings. The molecule has 2 nitrogen and oxygen atoms in total. The summed E-state index contributed by atoms with van der Waals surface area (Å²) in [6, 6.07) is 4.57. The molecule has 1 saturated heterocycles. The van der Waals surface area contributed by atoms with Gasteiger partial charge in [-0.15, -0.1) is 0 Å². The highest BCUT2D eigenvalue weighted by Crippen LogP contribution is 2.39. The average Bonchev–Trinajstić information content (AvgIpc) is 2.56. The standard InChI is InChI=1S/C15H18BF5O2/c1-12(2)13(3,4)23-16(22-12)11-7-5-10(6-8-11)14(17,18)9-15(19,20)21/h5-8H,9H2,1-4H3. The van der Waals surface area contributed by atoms with Gasteiger partial charge in [-0.3, -0.25) is 0 Å². The Labute approximate surface area is 132 Å². The van der Waals surface area contributed by atoms with Crippen molar-refractivity contribution < 1.29 is 31.3 Å². The van der Waals surface area contributed by atoms with Gasteiger partial charge in [-0.2, -0.15) is 13.2 Å². The Kier molecular flexibility index (Phi) is 4.31. The summed E-state index contributed by atoms with van der Waals surface area (Å²) < 4.78 is 75.4. The topological polar surface area (TPSA) is 18.5 Å². The first kappa shape index (κ1) is 18.2. The van der Waals surface area contributed by atoms with Gasteiger partial charge in [-0.1, -0.05) is 24.3 Å². The monoisotopic (exact) mass is 336 g/mol. The number of alkyl halides is 5. The summed E-state index contributed by atoms with van der Waals surface area (Å²) in [4.78, 5) is 0.